The molecule has 4 aromatic rings. The van der Waals surface area contributed by atoms with Crippen LogP contribution in [0, 0.1) is 6.92 Å². The summed E-state index contributed by atoms with van der Waals surface area (Å²) in [5, 5.41) is 10.3. The number of benzene rings is 1. The summed E-state index contributed by atoms with van der Waals surface area (Å²) in [6, 6.07) is 9.17. The zero-order valence-electron chi connectivity index (χ0n) is 13.3. The molecule has 0 aliphatic carbocycles. The largest absolute Gasteiger partial charge is 0.270 e. The summed E-state index contributed by atoms with van der Waals surface area (Å²) < 4.78 is 6.90. The number of aryl methyl sites for hydroxylation is 1. The standard InChI is InChI=1S/C16H10Cl2N6S2/c1-9-20-16(26-23-9)25-15-22-21-14(10-3-2-6-19-8-10)24(15)11-4-5-12(17)13(18)7-11/h2-8H,1H3. The molecule has 0 N–H and O–H groups in total. The Morgan fingerprint density at radius 2 is 2.00 bits per heavy atom. The van der Waals surface area contributed by atoms with Gasteiger partial charge in [-0.15, -0.1) is 10.2 Å². The third kappa shape index (κ3) is 3.45. The van der Waals surface area contributed by atoms with Gasteiger partial charge in [-0.05, 0) is 60.5 Å². The highest BCUT2D eigenvalue weighted by atomic mass is 35.5. The molecule has 6 nitrogen and oxygen atoms in total. The van der Waals surface area contributed by atoms with E-state index < -0.39 is 0 Å². The molecule has 26 heavy (non-hydrogen) atoms. The van der Waals surface area contributed by atoms with Crippen LogP contribution in [0.4, 0.5) is 0 Å². The first-order chi connectivity index (χ1) is 12.6. The monoisotopic (exact) mass is 420 g/mol. The van der Waals surface area contributed by atoms with E-state index in [9.17, 15) is 0 Å². The fraction of sp³-hybridized carbons (Fsp3) is 0.0625. The minimum atomic E-state index is 0.456. The Hall–Kier alpha value is -2.00. The summed E-state index contributed by atoms with van der Waals surface area (Å²) in [4.78, 5) is 8.55. The van der Waals surface area contributed by atoms with Gasteiger partial charge < -0.3 is 0 Å². The molecule has 0 amide bonds. The molecule has 0 bridgehead atoms. The molecule has 0 saturated heterocycles. The summed E-state index contributed by atoms with van der Waals surface area (Å²) in [7, 11) is 0. The van der Waals surface area contributed by atoms with E-state index in [1.807, 2.05) is 29.7 Å². The number of aromatic nitrogens is 6. The molecule has 4 rings (SSSR count). The second-order valence-electron chi connectivity index (χ2n) is 5.19. The first-order valence-electron chi connectivity index (χ1n) is 7.41. The van der Waals surface area contributed by atoms with Crippen LogP contribution in [0.1, 0.15) is 5.82 Å². The van der Waals surface area contributed by atoms with E-state index in [4.69, 9.17) is 23.2 Å². The molecule has 1 aromatic carbocycles. The van der Waals surface area contributed by atoms with Gasteiger partial charge in [0, 0.05) is 18.0 Å². The molecule has 0 fully saturated rings. The Morgan fingerprint density at radius 3 is 2.69 bits per heavy atom. The van der Waals surface area contributed by atoms with Gasteiger partial charge in [0.25, 0.3) is 0 Å². The van der Waals surface area contributed by atoms with Crippen molar-refractivity contribution < 1.29 is 0 Å². The number of hydrogen-bond donors (Lipinski definition) is 0. The number of nitrogens with zero attached hydrogens (tertiary/aromatic N) is 6. The van der Waals surface area contributed by atoms with Gasteiger partial charge in [-0.1, -0.05) is 23.2 Å². The maximum Gasteiger partial charge on any atom is 0.203 e. The first-order valence-corrected chi connectivity index (χ1v) is 9.76. The van der Waals surface area contributed by atoms with E-state index >= 15 is 0 Å². The first kappa shape index (κ1) is 17.4. The van der Waals surface area contributed by atoms with Gasteiger partial charge in [0.2, 0.25) is 5.16 Å². The Morgan fingerprint density at radius 1 is 1.12 bits per heavy atom. The fourth-order valence-electron chi connectivity index (χ4n) is 2.27. The van der Waals surface area contributed by atoms with E-state index in [0.29, 0.717) is 21.0 Å². The van der Waals surface area contributed by atoms with Gasteiger partial charge in [-0.3, -0.25) is 9.55 Å². The maximum absolute atomic E-state index is 6.22. The van der Waals surface area contributed by atoms with Crippen LogP contribution in [-0.4, -0.2) is 29.1 Å². The van der Waals surface area contributed by atoms with Crippen molar-refractivity contribution in [2.45, 2.75) is 16.4 Å². The zero-order chi connectivity index (χ0) is 18.1. The van der Waals surface area contributed by atoms with E-state index in [0.717, 1.165) is 21.4 Å². The van der Waals surface area contributed by atoms with E-state index in [2.05, 4.69) is 24.5 Å². The molecular weight excluding hydrogens is 411 g/mol. The highest BCUT2D eigenvalue weighted by Crippen LogP contribution is 2.34. The fourth-order valence-corrected chi connectivity index (χ4v) is 4.17. The molecule has 3 heterocycles. The maximum atomic E-state index is 6.22. The number of halogens is 2. The SMILES string of the molecule is Cc1nsc(Sc2nnc(-c3cccnc3)n2-c2ccc(Cl)c(Cl)c2)n1. The Kier molecular flexibility index (Phi) is 4.90. The van der Waals surface area contributed by atoms with Crippen LogP contribution in [0.25, 0.3) is 17.1 Å². The number of rotatable bonds is 4. The Bertz CT molecular complexity index is 1060. The predicted octanol–water partition coefficient (Wildman–Crippen LogP) is 4.95. The van der Waals surface area contributed by atoms with E-state index in [1.165, 1.54) is 23.3 Å². The number of pyridine rings is 1. The lowest BCUT2D eigenvalue weighted by Crippen LogP contribution is -2.00. The van der Waals surface area contributed by atoms with Crippen molar-refractivity contribution in [3.05, 3.63) is 58.6 Å². The van der Waals surface area contributed by atoms with Crippen molar-refractivity contribution in [2.75, 3.05) is 0 Å². The molecule has 0 saturated carbocycles. The van der Waals surface area contributed by atoms with Crippen LogP contribution in [0.2, 0.25) is 10.0 Å². The molecule has 0 atom stereocenters. The second-order valence-corrected chi connectivity index (χ2v) is 7.97. The molecule has 130 valence electrons. The van der Waals surface area contributed by atoms with Crippen molar-refractivity contribution in [1.29, 1.82) is 0 Å². The highest BCUT2D eigenvalue weighted by Gasteiger charge is 2.19. The van der Waals surface area contributed by atoms with Crippen LogP contribution in [-0.2, 0) is 0 Å². The lowest BCUT2D eigenvalue weighted by Gasteiger charge is -2.10. The Balaban J connectivity index is 1.86. The highest BCUT2D eigenvalue weighted by molar-refractivity contribution is 8.00. The molecule has 0 radical (unpaired) electrons. The van der Waals surface area contributed by atoms with Gasteiger partial charge in [0.05, 0.1) is 15.7 Å². The summed E-state index contributed by atoms with van der Waals surface area (Å²) in [6.45, 7) is 1.85. The van der Waals surface area contributed by atoms with Crippen LogP contribution in [0.5, 0.6) is 0 Å². The lowest BCUT2D eigenvalue weighted by molar-refractivity contribution is 0.884. The van der Waals surface area contributed by atoms with E-state index in [1.54, 1.807) is 24.5 Å². The lowest BCUT2D eigenvalue weighted by atomic mass is 10.2. The molecule has 0 unspecified atom stereocenters. The summed E-state index contributed by atoms with van der Waals surface area (Å²) in [6.07, 6.45) is 3.45. The smallest absolute Gasteiger partial charge is 0.203 e. The number of hydrogen-bond acceptors (Lipinski definition) is 7. The quantitative estimate of drug-likeness (QED) is 0.465. The molecule has 10 heteroatoms. The van der Waals surface area contributed by atoms with Crippen LogP contribution in [0.15, 0.2) is 52.2 Å². The second kappa shape index (κ2) is 7.32. The average Bonchev–Trinajstić information content (AvgIpc) is 3.25. The van der Waals surface area contributed by atoms with Crippen molar-refractivity contribution in [3.63, 3.8) is 0 Å². The molecule has 0 aliphatic rings. The van der Waals surface area contributed by atoms with Crippen molar-refractivity contribution in [3.8, 4) is 17.1 Å². The van der Waals surface area contributed by atoms with Crippen molar-refractivity contribution >= 4 is 46.5 Å². The van der Waals surface area contributed by atoms with Crippen molar-refractivity contribution in [1.82, 2.24) is 29.1 Å². The summed E-state index contributed by atoms with van der Waals surface area (Å²) >= 11 is 15.0. The molecule has 0 spiro atoms. The van der Waals surface area contributed by atoms with Crippen LogP contribution < -0.4 is 0 Å². The van der Waals surface area contributed by atoms with Gasteiger partial charge >= 0.3 is 0 Å². The van der Waals surface area contributed by atoms with E-state index in [-0.39, 0.29) is 0 Å². The summed E-state index contributed by atoms with van der Waals surface area (Å²) in [5.41, 5.74) is 1.64. The third-order valence-corrected chi connectivity index (χ3v) is 5.93. The Labute approximate surface area is 167 Å². The average molecular weight is 421 g/mol. The van der Waals surface area contributed by atoms with Gasteiger partial charge in [-0.25, -0.2) is 4.98 Å². The predicted molar refractivity (Wildman–Crippen MR) is 103 cm³/mol. The van der Waals surface area contributed by atoms with Gasteiger partial charge in [-0.2, -0.15) is 4.37 Å². The molecular formula is C16H10Cl2N6S2. The zero-order valence-corrected chi connectivity index (χ0v) is 16.4. The van der Waals surface area contributed by atoms with Crippen molar-refractivity contribution in [2.24, 2.45) is 0 Å². The van der Waals surface area contributed by atoms with Crippen LogP contribution in [0.3, 0.4) is 0 Å². The van der Waals surface area contributed by atoms with Crippen LogP contribution >= 0.6 is 46.5 Å². The van der Waals surface area contributed by atoms with Gasteiger partial charge in [0.1, 0.15) is 5.82 Å². The minimum Gasteiger partial charge on any atom is -0.270 e. The molecule has 3 aromatic heterocycles. The minimum absolute atomic E-state index is 0.456. The third-order valence-electron chi connectivity index (χ3n) is 3.40. The normalized spacial score (nSPS) is 11.0. The van der Waals surface area contributed by atoms with Gasteiger partial charge in [0.15, 0.2) is 10.2 Å². The summed E-state index contributed by atoms with van der Waals surface area (Å²) in [5.74, 6) is 1.38. The molecule has 0 aliphatic heterocycles. The topological polar surface area (TPSA) is 69.4 Å².